The minimum Gasteiger partial charge on any atom is -0.490 e. The number of rotatable bonds is 11. The summed E-state index contributed by atoms with van der Waals surface area (Å²) in [6.07, 6.45) is 4.99. The Labute approximate surface area is 158 Å². The predicted octanol–water partition coefficient (Wildman–Crippen LogP) is 4.35. The molecule has 0 amide bonds. The van der Waals surface area contributed by atoms with Crippen LogP contribution >= 0.6 is 7.52 Å². The first-order valence-corrected chi connectivity index (χ1v) is 11.2. The number of benzene rings is 1. The Morgan fingerprint density at radius 1 is 1.11 bits per heavy atom. The summed E-state index contributed by atoms with van der Waals surface area (Å²) in [5, 5.41) is 9.89. The van der Waals surface area contributed by atoms with Gasteiger partial charge in [-0.25, -0.2) is 4.39 Å². The van der Waals surface area contributed by atoms with Crippen molar-refractivity contribution >= 4 is 7.52 Å². The molecule has 0 aliphatic carbocycles. The summed E-state index contributed by atoms with van der Waals surface area (Å²) < 4.78 is 50.3. The number of ether oxygens (including phenoxy) is 2. The van der Waals surface area contributed by atoms with Crippen molar-refractivity contribution in [2.24, 2.45) is 0 Å². The zero-order valence-electron chi connectivity index (χ0n) is 15.3. The summed E-state index contributed by atoms with van der Waals surface area (Å²) in [4.78, 5) is 9.14. The van der Waals surface area contributed by atoms with Crippen molar-refractivity contribution < 1.29 is 32.9 Å². The van der Waals surface area contributed by atoms with Gasteiger partial charge in [0.05, 0.1) is 6.61 Å². The van der Waals surface area contributed by atoms with Gasteiger partial charge in [0.15, 0.2) is 11.6 Å². The van der Waals surface area contributed by atoms with E-state index >= 15 is 0 Å². The lowest BCUT2D eigenvalue weighted by Gasteiger charge is -2.23. The minimum atomic E-state index is -3.60. The summed E-state index contributed by atoms with van der Waals surface area (Å²) in [6, 6.07) is 3.09. The van der Waals surface area contributed by atoms with Crippen molar-refractivity contribution in [1.29, 1.82) is 0 Å². The second-order valence-electron chi connectivity index (χ2n) is 6.81. The quantitative estimate of drug-likeness (QED) is 0.287. The van der Waals surface area contributed by atoms with Gasteiger partial charge in [-0.1, -0.05) is 25.3 Å². The van der Waals surface area contributed by atoms with Crippen LogP contribution in [0.1, 0.15) is 56.4 Å². The Kier molecular flexibility index (Phi) is 9.12. The lowest BCUT2D eigenvalue weighted by Crippen LogP contribution is -2.16. The number of unbranched alkanes of at least 4 members (excludes halogenated alkanes) is 4. The van der Waals surface area contributed by atoms with Gasteiger partial charge in [0.25, 0.3) is 7.52 Å². The lowest BCUT2D eigenvalue weighted by molar-refractivity contribution is 0.0844. The van der Waals surface area contributed by atoms with E-state index in [4.69, 9.17) is 19.6 Å². The SMILES string of the molecule is O=P(O)(CCCCCCCOc1ccc(C2CCOCC2)c(F)c1F)NO. The molecule has 0 saturated carbocycles. The predicted molar refractivity (Wildman–Crippen MR) is 97.3 cm³/mol. The lowest BCUT2D eigenvalue weighted by atomic mass is 9.91. The first-order valence-electron chi connectivity index (χ1n) is 9.36. The van der Waals surface area contributed by atoms with E-state index in [0.29, 0.717) is 44.5 Å². The number of nitrogens with one attached hydrogen (secondary N) is 1. The molecule has 2 rings (SSSR count). The molecule has 1 saturated heterocycles. The smallest absolute Gasteiger partial charge is 0.289 e. The molecule has 1 atom stereocenters. The summed E-state index contributed by atoms with van der Waals surface area (Å²) in [5.74, 6) is -1.85. The highest BCUT2D eigenvalue weighted by molar-refractivity contribution is 7.55. The van der Waals surface area contributed by atoms with Crippen LogP contribution in [0.15, 0.2) is 12.1 Å². The van der Waals surface area contributed by atoms with Crippen molar-refractivity contribution in [2.75, 3.05) is 26.0 Å². The summed E-state index contributed by atoms with van der Waals surface area (Å²) in [5.41, 5.74) is 0.390. The maximum atomic E-state index is 14.3. The van der Waals surface area contributed by atoms with Crippen molar-refractivity contribution in [3.63, 3.8) is 0 Å². The first kappa shape index (κ1) is 22.2. The fraction of sp³-hybridized carbons (Fsp3) is 0.667. The third-order valence-corrected chi connectivity index (χ3v) is 5.99. The molecule has 1 fully saturated rings. The van der Waals surface area contributed by atoms with E-state index in [2.05, 4.69) is 0 Å². The van der Waals surface area contributed by atoms with E-state index < -0.39 is 19.2 Å². The van der Waals surface area contributed by atoms with Gasteiger partial charge in [-0.3, -0.25) is 4.57 Å². The highest BCUT2D eigenvalue weighted by atomic mass is 31.2. The molecule has 1 unspecified atom stereocenters. The average molecular weight is 407 g/mol. The molecule has 0 aromatic heterocycles. The van der Waals surface area contributed by atoms with Crippen LogP contribution in [0.3, 0.4) is 0 Å². The highest BCUT2D eigenvalue weighted by Crippen LogP contribution is 2.35. The third-order valence-electron chi connectivity index (χ3n) is 4.76. The summed E-state index contributed by atoms with van der Waals surface area (Å²) in [7, 11) is -3.60. The largest absolute Gasteiger partial charge is 0.490 e. The highest BCUT2D eigenvalue weighted by Gasteiger charge is 2.23. The molecule has 154 valence electrons. The van der Waals surface area contributed by atoms with Gasteiger partial charge in [0.2, 0.25) is 5.82 Å². The van der Waals surface area contributed by atoms with Crippen molar-refractivity contribution in [3.8, 4) is 5.75 Å². The van der Waals surface area contributed by atoms with Gasteiger partial charge in [0, 0.05) is 19.4 Å². The first-order chi connectivity index (χ1) is 12.9. The summed E-state index contributed by atoms with van der Waals surface area (Å²) in [6.45, 7) is 1.41. The van der Waals surface area contributed by atoms with E-state index in [1.807, 2.05) is 0 Å². The second-order valence-corrected chi connectivity index (χ2v) is 8.86. The van der Waals surface area contributed by atoms with Crippen LogP contribution in [-0.4, -0.2) is 36.1 Å². The van der Waals surface area contributed by atoms with Crippen LogP contribution in [0.4, 0.5) is 8.78 Å². The Morgan fingerprint density at radius 3 is 2.48 bits per heavy atom. The topological polar surface area (TPSA) is 88.0 Å². The monoisotopic (exact) mass is 407 g/mol. The van der Waals surface area contributed by atoms with E-state index in [1.54, 1.807) is 6.07 Å². The standard InChI is InChI=1S/C18H28F2NO5P/c19-17-15(14-8-11-25-12-9-14)6-7-16(18(17)20)26-10-4-2-1-3-5-13-27(23,24)21-22/h6-7,14,22H,1-5,8-13H2,(H2,21,23,24). The molecule has 3 N–H and O–H groups in total. The van der Waals surface area contributed by atoms with Crippen molar-refractivity contribution in [1.82, 2.24) is 5.25 Å². The van der Waals surface area contributed by atoms with Crippen LogP contribution in [0.25, 0.3) is 0 Å². The molecule has 1 aromatic rings. The number of halogens is 2. The molecule has 1 heterocycles. The van der Waals surface area contributed by atoms with Crippen LogP contribution in [0.5, 0.6) is 5.75 Å². The van der Waals surface area contributed by atoms with Crippen molar-refractivity contribution in [2.45, 2.75) is 50.9 Å². The molecule has 0 spiro atoms. The Balaban J connectivity index is 1.69. The van der Waals surface area contributed by atoms with Gasteiger partial charge in [-0.2, -0.15) is 4.39 Å². The van der Waals surface area contributed by atoms with Gasteiger partial charge < -0.3 is 19.6 Å². The molecule has 1 aromatic carbocycles. The average Bonchev–Trinajstić information content (AvgIpc) is 2.67. The minimum absolute atomic E-state index is 0.0161. The fourth-order valence-corrected chi connectivity index (χ4v) is 3.92. The molecule has 1 aliphatic rings. The molecule has 0 radical (unpaired) electrons. The zero-order valence-corrected chi connectivity index (χ0v) is 16.2. The second kappa shape index (κ2) is 11.1. The van der Waals surface area contributed by atoms with Gasteiger partial charge >= 0.3 is 0 Å². The van der Waals surface area contributed by atoms with Crippen LogP contribution in [0.2, 0.25) is 0 Å². The molecular weight excluding hydrogens is 379 g/mol. The molecule has 1 aliphatic heterocycles. The Hall–Kier alpha value is -1.05. The fourth-order valence-electron chi connectivity index (χ4n) is 3.17. The van der Waals surface area contributed by atoms with E-state index in [9.17, 15) is 13.3 Å². The maximum Gasteiger partial charge on any atom is 0.289 e. The maximum absolute atomic E-state index is 14.3. The third kappa shape index (κ3) is 7.12. The summed E-state index contributed by atoms with van der Waals surface area (Å²) >= 11 is 0. The Morgan fingerprint density at radius 2 is 1.78 bits per heavy atom. The van der Waals surface area contributed by atoms with Gasteiger partial charge in [0.1, 0.15) is 0 Å². The van der Waals surface area contributed by atoms with Gasteiger partial charge in [-0.15, -0.1) is 5.25 Å². The zero-order chi connectivity index (χ0) is 19.7. The van der Waals surface area contributed by atoms with E-state index in [-0.39, 0.29) is 24.4 Å². The molecule has 9 heteroatoms. The van der Waals surface area contributed by atoms with Crippen LogP contribution in [-0.2, 0) is 9.30 Å². The normalized spacial score (nSPS) is 17.6. The number of hydrogen-bond donors (Lipinski definition) is 3. The Bertz CT molecular complexity index is 640. The molecule has 27 heavy (non-hydrogen) atoms. The molecule has 0 bridgehead atoms. The van der Waals surface area contributed by atoms with E-state index in [1.165, 1.54) is 11.3 Å². The van der Waals surface area contributed by atoms with Crippen LogP contribution in [0, 0.1) is 11.6 Å². The number of hydrogen-bond acceptors (Lipinski definition) is 4. The van der Waals surface area contributed by atoms with Gasteiger partial charge in [-0.05, 0) is 43.2 Å². The van der Waals surface area contributed by atoms with Crippen LogP contribution < -0.4 is 9.99 Å². The van der Waals surface area contributed by atoms with Crippen molar-refractivity contribution in [3.05, 3.63) is 29.3 Å². The molecule has 6 nitrogen and oxygen atoms in total. The van der Waals surface area contributed by atoms with E-state index in [0.717, 1.165) is 19.3 Å². The molecular formula is C18H28F2NO5P.